The first-order valence-corrected chi connectivity index (χ1v) is 6.13. The number of anilines is 1. The topological polar surface area (TPSA) is 89.3 Å². The number of carbonyl (C=O) groups excluding carboxylic acids is 1. The third-order valence-electron chi connectivity index (χ3n) is 1.55. The molecule has 1 rings (SSSR count). The molecule has 0 heterocycles. The van der Waals surface area contributed by atoms with E-state index in [0.717, 1.165) is 6.26 Å². The van der Waals surface area contributed by atoms with E-state index in [1.54, 1.807) is 0 Å². The third kappa shape index (κ3) is 3.41. The van der Waals surface area contributed by atoms with E-state index >= 15 is 0 Å². The minimum absolute atomic E-state index is 0.135. The molecule has 7 heteroatoms. The number of nitrogens with one attached hydrogen (secondary N) is 1. The summed E-state index contributed by atoms with van der Waals surface area (Å²) in [6, 6.07) is 4.10. The largest absolute Gasteiger partial charge is 0.366 e. The molecule has 0 fully saturated rings. The summed E-state index contributed by atoms with van der Waals surface area (Å²) in [5, 5.41) is 0.199. The van der Waals surface area contributed by atoms with Gasteiger partial charge in [0.05, 0.1) is 17.0 Å². The van der Waals surface area contributed by atoms with E-state index in [-0.39, 0.29) is 16.3 Å². The van der Waals surface area contributed by atoms with Gasteiger partial charge >= 0.3 is 0 Å². The van der Waals surface area contributed by atoms with Gasteiger partial charge in [0.15, 0.2) is 0 Å². The highest BCUT2D eigenvalue weighted by Crippen LogP contribution is 2.23. The summed E-state index contributed by atoms with van der Waals surface area (Å²) < 4.78 is 24.1. The van der Waals surface area contributed by atoms with Crippen LogP contribution in [0, 0.1) is 0 Å². The van der Waals surface area contributed by atoms with Gasteiger partial charge in [-0.1, -0.05) is 11.6 Å². The van der Waals surface area contributed by atoms with Gasteiger partial charge in [0.2, 0.25) is 15.9 Å². The number of rotatable bonds is 3. The maximum Gasteiger partial charge on any atom is 0.248 e. The number of nitrogens with two attached hydrogens (primary N) is 1. The van der Waals surface area contributed by atoms with Crippen molar-refractivity contribution in [3.63, 3.8) is 0 Å². The van der Waals surface area contributed by atoms with Gasteiger partial charge < -0.3 is 5.73 Å². The molecule has 0 aliphatic heterocycles. The quantitative estimate of drug-likeness (QED) is 0.830. The molecule has 5 nitrogen and oxygen atoms in total. The Kier molecular flexibility index (Phi) is 3.21. The lowest BCUT2D eigenvalue weighted by Gasteiger charge is -2.07. The average molecular weight is 249 g/mol. The van der Waals surface area contributed by atoms with E-state index in [9.17, 15) is 13.2 Å². The highest BCUT2D eigenvalue weighted by atomic mass is 35.5. The summed E-state index contributed by atoms with van der Waals surface area (Å²) >= 11 is 5.73. The van der Waals surface area contributed by atoms with Crippen molar-refractivity contribution in [3.05, 3.63) is 28.8 Å². The summed E-state index contributed by atoms with van der Waals surface area (Å²) in [5.74, 6) is -0.650. The molecule has 0 aromatic heterocycles. The van der Waals surface area contributed by atoms with Gasteiger partial charge in [-0.2, -0.15) is 0 Å². The first-order valence-electron chi connectivity index (χ1n) is 3.87. The standard InChI is InChI=1S/C8H9ClN2O3S/c1-15(13,14)11-7-4-5(8(10)12)2-3-6(7)9/h2-4,11H,1H3,(H2,10,12). The fourth-order valence-electron chi connectivity index (χ4n) is 0.956. The molecule has 0 aliphatic carbocycles. The second-order valence-corrected chi connectivity index (χ2v) is 5.09. The molecule has 0 atom stereocenters. The second-order valence-electron chi connectivity index (χ2n) is 2.93. The Labute approximate surface area is 92.3 Å². The number of sulfonamides is 1. The number of amides is 1. The lowest BCUT2D eigenvalue weighted by Crippen LogP contribution is -2.13. The maximum atomic E-state index is 10.9. The molecule has 1 aromatic rings. The van der Waals surface area contributed by atoms with Crippen LogP contribution in [0.3, 0.4) is 0 Å². The van der Waals surface area contributed by atoms with Crippen LogP contribution in [0.4, 0.5) is 5.69 Å². The van der Waals surface area contributed by atoms with E-state index in [4.69, 9.17) is 17.3 Å². The molecule has 1 aromatic carbocycles. The van der Waals surface area contributed by atoms with Crippen LogP contribution in [0.15, 0.2) is 18.2 Å². The van der Waals surface area contributed by atoms with Crippen molar-refractivity contribution in [2.45, 2.75) is 0 Å². The molecule has 0 aliphatic rings. The Hall–Kier alpha value is -1.27. The molecule has 3 N–H and O–H groups in total. The van der Waals surface area contributed by atoms with Crippen molar-refractivity contribution in [2.75, 3.05) is 11.0 Å². The normalized spacial score (nSPS) is 11.1. The maximum absolute atomic E-state index is 10.9. The number of hydrogen-bond donors (Lipinski definition) is 2. The van der Waals surface area contributed by atoms with Crippen molar-refractivity contribution in [3.8, 4) is 0 Å². The Morgan fingerprint density at radius 2 is 2.07 bits per heavy atom. The summed E-state index contributed by atoms with van der Waals surface area (Å²) in [4.78, 5) is 10.8. The Morgan fingerprint density at radius 3 is 2.53 bits per heavy atom. The van der Waals surface area contributed by atoms with Gasteiger partial charge in [-0.3, -0.25) is 9.52 Å². The van der Waals surface area contributed by atoms with Gasteiger partial charge in [0, 0.05) is 5.56 Å². The molecule has 15 heavy (non-hydrogen) atoms. The highest BCUT2D eigenvalue weighted by Gasteiger charge is 2.09. The minimum Gasteiger partial charge on any atom is -0.366 e. The summed E-state index contributed by atoms with van der Waals surface area (Å²) in [6.07, 6.45) is 0.986. The summed E-state index contributed by atoms with van der Waals surface area (Å²) in [6.45, 7) is 0. The Bertz CT molecular complexity index is 499. The zero-order valence-corrected chi connectivity index (χ0v) is 9.39. The zero-order chi connectivity index (χ0) is 11.6. The molecule has 0 saturated carbocycles. The molecular formula is C8H9ClN2O3S. The monoisotopic (exact) mass is 248 g/mol. The van der Waals surface area contributed by atoms with Crippen LogP contribution >= 0.6 is 11.6 Å². The van der Waals surface area contributed by atoms with Crippen molar-refractivity contribution < 1.29 is 13.2 Å². The van der Waals surface area contributed by atoms with E-state index in [0.29, 0.717) is 0 Å². The number of hydrogen-bond acceptors (Lipinski definition) is 3. The molecule has 1 amide bonds. The smallest absolute Gasteiger partial charge is 0.248 e. The molecule has 0 radical (unpaired) electrons. The number of carbonyl (C=O) groups is 1. The summed E-state index contributed by atoms with van der Waals surface area (Å²) in [7, 11) is -3.43. The third-order valence-corrected chi connectivity index (χ3v) is 2.47. The molecule has 0 saturated heterocycles. The van der Waals surface area contributed by atoms with Crippen molar-refractivity contribution in [1.29, 1.82) is 0 Å². The number of primary amides is 1. The van der Waals surface area contributed by atoms with Crippen LogP contribution in [-0.4, -0.2) is 20.6 Å². The Balaban J connectivity index is 3.17. The number of benzene rings is 1. The molecule has 0 unspecified atom stereocenters. The van der Waals surface area contributed by atoms with Gasteiger partial charge in [0.25, 0.3) is 0 Å². The lowest BCUT2D eigenvalue weighted by atomic mass is 10.2. The predicted octanol–water partition coefficient (Wildman–Crippen LogP) is 0.810. The highest BCUT2D eigenvalue weighted by molar-refractivity contribution is 7.92. The minimum atomic E-state index is -3.43. The van der Waals surface area contributed by atoms with Gasteiger partial charge in [0.1, 0.15) is 0 Å². The second kappa shape index (κ2) is 4.08. The van der Waals surface area contributed by atoms with Crippen LogP contribution < -0.4 is 10.5 Å². The fraction of sp³-hybridized carbons (Fsp3) is 0.125. The first-order chi connectivity index (χ1) is 6.79. The van der Waals surface area contributed by atoms with Gasteiger partial charge in [-0.25, -0.2) is 8.42 Å². The van der Waals surface area contributed by atoms with Crippen LogP contribution in [0.5, 0.6) is 0 Å². The molecule has 0 spiro atoms. The lowest BCUT2D eigenvalue weighted by molar-refractivity contribution is 0.100. The van der Waals surface area contributed by atoms with E-state index in [1.807, 2.05) is 0 Å². The van der Waals surface area contributed by atoms with Crippen molar-refractivity contribution >= 4 is 33.2 Å². The van der Waals surface area contributed by atoms with E-state index in [1.165, 1.54) is 18.2 Å². The van der Waals surface area contributed by atoms with Gasteiger partial charge in [-0.15, -0.1) is 0 Å². The SMILES string of the molecule is CS(=O)(=O)Nc1cc(C(N)=O)ccc1Cl. The van der Waals surface area contributed by atoms with Gasteiger partial charge in [-0.05, 0) is 18.2 Å². The molecular weight excluding hydrogens is 240 g/mol. The summed E-state index contributed by atoms with van der Waals surface area (Å²) in [5.41, 5.74) is 5.36. The predicted molar refractivity (Wildman–Crippen MR) is 58.4 cm³/mol. The van der Waals surface area contributed by atoms with Crippen molar-refractivity contribution in [1.82, 2.24) is 0 Å². The number of halogens is 1. The van der Waals surface area contributed by atoms with Crippen LogP contribution in [0.2, 0.25) is 5.02 Å². The van der Waals surface area contributed by atoms with Crippen LogP contribution in [0.1, 0.15) is 10.4 Å². The van der Waals surface area contributed by atoms with E-state index in [2.05, 4.69) is 4.72 Å². The zero-order valence-electron chi connectivity index (χ0n) is 7.82. The molecule has 82 valence electrons. The average Bonchev–Trinajstić information content (AvgIpc) is 2.06. The first kappa shape index (κ1) is 11.8. The molecule has 0 bridgehead atoms. The van der Waals surface area contributed by atoms with Crippen molar-refractivity contribution in [2.24, 2.45) is 5.73 Å². The fourth-order valence-corrected chi connectivity index (χ4v) is 1.75. The van der Waals surface area contributed by atoms with Crippen LogP contribution in [-0.2, 0) is 10.0 Å². The Morgan fingerprint density at radius 1 is 1.47 bits per heavy atom. The van der Waals surface area contributed by atoms with Crippen LogP contribution in [0.25, 0.3) is 0 Å². The van der Waals surface area contributed by atoms with E-state index < -0.39 is 15.9 Å².